The summed E-state index contributed by atoms with van der Waals surface area (Å²) in [5.74, 6) is -0.735. The van der Waals surface area contributed by atoms with Gasteiger partial charge in [0.05, 0.1) is 11.5 Å². The number of aryl methyl sites for hydroxylation is 2. The molecule has 1 saturated heterocycles. The van der Waals surface area contributed by atoms with Gasteiger partial charge >= 0.3 is 0 Å². The van der Waals surface area contributed by atoms with Crippen molar-refractivity contribution in [1.29, 1.82) is 0 Å². The van der Waals surface area contributed by atoms with Crippen molar-refractivity contribution in [3.05, 3.63) is 29.3 Å². The third-order valence-electron chi connectivity index (χ3n) is 4.66. The Balaban J connectivity index is 2.13. The van der Waals surface area contributed by atoms with E-state index in [1.165, 1.54) is 4.90 Å². The molecule has 1 aromatic carbocycles. The fraction of sp³-hybridized carbons (Fsp3) is 0.556. The second kappa shape index (κ2) is 6.78. The second-order valence-corrected chi connectivity index (χ2v) is 9.66. The molecule has 1 unspecified atom stereocenters. The Hall–Kier alpha value is -1.89. The summed E-state index contributed by atoms with van der Waals surface area (Å²) in [4.78, 5) is 26.9. The molecule has 0 bridgehead atoms. The molecule has 25 heavy (non-hydrogen) atoms. The Labute approximate surface area is 149 Å². The zero-order valence-corrected chi connectivity index (χ0v) is 16.2. The van der Waals surface area contributed by atoms with Crippen molar-refractivity contribution in [1.82, 2.24) is 4.90 Å². The Kier molecular flexibility index (Phi) is 5.27. The molecule has 1 aliphatic rings. The zero-order chi connectivity index (χ0) is 19.0. The molecule has 1 heterocycles. The molecule has 0 saturated carbocycles. The van der Waals surface area contributed by atoms with E-state index >= 15 is 0 Å². The molecule has 0 aliphatic carbocycles. The van der Waals surface area contributed by atoms with Crippen molar-refractivity contribution in [2.75, 3.05) is 23.9 Å². The van der Waals surface area contributed by atoms with Crippen molar-refractivity contribution in [2.24, 2.45) is 5.41 Å². The molecule has 1 aliphatic heterocycles. The van der Waals surface area contributed by atoms with E-state index in [-0.39, 0.29) is 23.5 Å². The molecular weight excluding hydrogens is 340 g/mol. The number of amides is 2. The van der Waals surface area contributed by atoms with Crippen LogP contribution in [0.5, 0.6) is 0 Å². The predicted molar refractivity (Wildman–Crippen MR) is 98.2 cm³/mol. The van der Waals surface area contributed by atoms with Crippen LogP contribution in [-0.2, 0) is 19.4 Å². The summed E-state index contributed by atoms with van der Waals surface area (Å²) in [6.45, 7) is 7.00. The van der Waals surface area contributed by atoms with Gasteiger partial charge in [0, 0.05) is 18.8 Å². The minimum atomic E-state index is -3.09. The van der Waals surface area contributed by atoms with Crippen LogP contribution in [0.15, 0.2) is 18.2 Å². The fourth-order valence-corrected chi connectivity index (χ4v) is 4.89. The lowest BCUT2D eigenvalue weighted by Gasteiger charge is -2.31. The smallest absolute Gasteiger partial charge is 0.239 e. The highest BCUT2D eigenvalue weighted by molar-refractivity contribution is 7.91. The minimum Gasteiger partial charge on any atom is -0.341 e. The highest BCUT2D eigenvalue weighted by atomic mass is 32.2. The molecule has 1 aromatic rings. The standard InChI is InChI=1S/C18H26N2O4S/c1-12-8-13(2)10-14(9-12)19-16(21)18(3,4)17(22)20(5)15-6-7-25(23,24)11-15/h8-10,15H,6-7,11H2,1-5H3,(H,19,21). The maximum Gasteiger partial charge on any atom is 0.239 e. The van der Waals surface area contributed by atoms with Gasteiger partial charge in [0.25, 0.3) is 0 Å². The Morgan fingerprint density at radius 3 is 2.20 bits per heavy atom. The Bertz CT molecular complexity index is 779. The van der Waals surface area contributed by atoms with Crippen LogP contribution in [0.1, 0.15) is 31.4 Å². The molecule has 138 valence electrons. The fourth-order valence-electron chi connectivity index (χ4n) is 3.12. The largest absolute Gasteiger partial charge is 0.341 e. The van der Waals surface area contributed by atoms with E-state index in [0.29, 0.717) is 12.1 Å². The molecule has 1 N–H and O–H groups in total. The van der Waals surface area contributed by atoms with E-state index in [9.17, 15) is 18.0 Å². The molecule has 7 heteroatoms. The number of hydrogen-bond acceptors (Lipinski definition) is 4. The van der Waals surface area contributed by atoms with Gasteiger partial charge in [-0.2, -0.15) is 0 Å². The van der Waals surface area contributed by atoms with Gasteiger partial charge in [-0.25, -0.2) is 8.42 Å². The first-order valence-electron chi connectivity index (χ1n) is 8.30. The number of anilines is 1. The molecule has 0 aromatic heterocycles. The van der Waals surface area contributed by atoms with Crippen LogP contribution in [0.4, 0.5) is 5.69 Å². The number of carbonyl (C=O) groups is 2. The van der Waals surface area contributed by atoms with Crippen molar-refractivity contribution in [2.45, 2.75) is 40.2 Å². The maximum atomic E-state index is 12.8. The number of sulfone groups is 1. The molecule has 1 fully saturated rings. The van der Waals surface area contributed by atoms with Crippen molar-refractivity contribution >= 4 is 27.3 Å². The summed E-state index contributed by atoms with van der Waals surface area (Å²) in [6, 6.07) is 5.32. The average Bonchev–Trinajstić information content (AvgIpc) is 2.84. The summed E-state index contributed by atoms with van der Waals surface area (Å²) in [5, 5.41) is 2.80. The van der Waals surface area contributed by atoms with Gasteiger partial charge in [0.1, 0.15) is 5.41 Å². The normalized spacial score (nSPS) is 19.5. The van der Waals surface area contributed by atoms with E-state index in [2.05, 4.69) is 5.32 Å². The van der Waals surface area contributed by atoms with E-state index in [1.807, 2.05) is 32.0 Å². The SMILES string of the molecule is Cc1cc(C)cc(NC(=O)C(C)(C)C(=O)N(C)C2CCS(=O)(=O)C2)c1. The van der Waals surface area contributed by atoms with Gasteiger partial charge < -0.3 is 10.2 Å². The Morgan fingerprint density at radius 2 is 1.72 bits per heavy atom. The van der Waals surface area contributed by atoms with Crippen molar-refractivity contribution < 1.29 is 18.0 Å². The van der Waals surface area contributed by atoms with Gasteiger partial charge in [-0.3, -0.25) is 9.59 Å². The number of hydrogen-bond donors (Lipinski definition) is 1. The van der Waals surface area contributed by atoms with E-state index in [4.69, 9.17) is 0 Å². The number of rotatable bonds is 4. The van der Waals surface area contributed by atoms with E-state index in [0.717, 1.165) is 11.1 Å². The lowest BCUT2D eigenvalue weighted by atomic mass is 9.89. The van der Waals surface area contributed by atoms with Crippen LogP contribution in [-0.4, -0.2) is 49.7 Å². The van der Waals surface area contributed by atoms with E-state index in [1.54, 1.807) is 20.9 Å². The van der Waals surface area contributed by atoms with Gasteiger partial charge in [0.15, 0.2) is 9.84 Å². The highest BCUT2D eigenvalue weighted by Gasteiger charge is 2.42. The summed E-state index contributed by atoms with van der Waals surface area (Å²) in [5.41, 5.74) is 1.40. The monoisotopic (exact) mass is 366 g/mol. The number of benzene rings is 1. The first-order chi connectivity index (χ1) is 11.4. The summed E-state index contributed by atoms with van der Waals surface area (Å²) in [7, 11) is -1.52. The third kappa shape index (κ3) is 4.39. The lowest BCUT2D eigenvalue weighted by molar-refractivity contribution is -0.146. The predicted octanol–water partition coefficient (Wildman–Crippen LogP) is 1.91. The third-order valence-corrected chi connectivity index (χ3v) is 6.41. The van der Waals surface area contributed by atoms with Crippen LogP contribution in [0.3, 0.4) is 0 Å². The lowest BCUT2D eigenvalue weighted by Crippen LogP contribution is -2.49. The molecule has 6 nitrogen and oxygen atoms in total. The number of nitrogens with zero attached hydrogens (tertiary/aromatic N) is 1. The van der Waals surface area contributed by atoms with Gasteiger partial charge in [0.2, 0.25) is 11.8 Å². The molecule has 1 atom stereocenters. The topological polar surface area (TPSA) is 83.6 Å². The second-order valence-electron chi connectivity index (χ2n) is 7.43. The summed E-state index contributed by atoms with van der Waals surface area (Å²) >= 11 is 0. The van der Waals surface area contributed by atoms with Gasteiger partial charge in [-0.05, 0) is 57.4 Å². The first kappa shape index (κ1) is 19.4. The molecule has 0 spiro atoms. The van der Waals surface area contributed by atoms with Crippen LogP contribution < -0.4 is 5.32 Å². The van der Waals surface area contributed by atoms with Crippen LogP contribution >= 0.6 is 0 Å². The maximum absolute atomic E-state index is 12.8. The molecule has 2 amide bonds. The van der Waals surface area contributed by atoms with Gasteiger partial charge in [-0.1, -0.05) is 6.07 Å². The van der Waals surface area contributed by atoms with Crippen LogP contribution in [0.25, 0.3) is 0 Å². The Morgan fingerprint density at radius 1 is 1.16 bits per heavy atom. The molecule has 0 radical (unpaired) electrons. The van der Waals surface area contributed by atoms with Crippen molar-refractivity contribution in [3.8, 4) is 0 Å². The summed E-state index contributed by atoms with van der Waals surface area (Å²) < 4.78 is 23.3. The first-order valence-corrected chi connectivity index (χ1v) is 10.1. The van der Waals surface area contributed by atoms with Crippen LogP contribution in [0, 0.1) is 19.3 Å². The minimum absolute atomic E-state index is 0.0377. The highest BCUT2D eigenvalue weighted by Crippen LogP contribution is 2.26. The van der Waals surface area contributed by atoms with Crippen molar-refractivity contribution in [3.63, 3.8) is 0 Å². The van der Waals surface area contributed by atoms with E-state index < -0.39 is 21.2 Å². The summed E-state index contributed by atoms with van der Waals surface area (Å²) in [6.07, 6.45) is 0.416. The quantitative estimate of drug-likeness (QED) is 0.825. The molecule has 2 rings (SSSR count). The van der Waals surface area contributed by atoms with Gasteiger partial charge in [-0.15, -0.1) is 0 Å². The number of carbonyl (C=O) groups excluding carboxylic acids is 2. The zero-order valence-electron chi connectivity index (χ0n) is 15.4. The molecular formula is C18H26N2O4S. The average molecular weight is 366 g/mol. The number of nitrogens with one attached hydrogen (secondary N) is 1. The van der Waals surface area contributed by atoms with Crippen LogP contribution in [0.2, 0.25) is 0 Å².